The second-order valence-electron chi connectivity index (χ2n) is 7.50. The van der Waals surface area contributed by atoms with Crippen LogP contribution in [0.25, 0.3) is 0 Å². The molecule has 0 aliphatic carbocycles. The zero-order chi connectivity index (χ0) is 19.9. The van der Waals surface area contributed by atoms with Crippen molar-refractivity contribution in [1.29, 1.82) is 0 Å². The minimum Gasteiger partial charge on any atom is -0.478 e. The molecule has 0 unspecified atom stereocenters. The summed E-state index contributed by atoms with van der Waals surface area (Å²) in [6.07, 6.45) is 2.23. The highest BCUT2D eigenvalue weighted by Gasteiger charge is 2.56. The number of carboxylic acid groups (broad SMARTS) is 1. The summed E-state index contributed by atoms with van der Waals surface area (Å²) in [4.78, 5) is 45.5. The van der Waals surface area contributed by atoms with E-state index in [0.29, 0.717) is 38.3 Å². The van der Waals surface area contributed by atoms with Crippen LogP contribution in [0.5, 0.6) is 0 Å². The number of anilines is 1. The van der Waals surface area contributed by atoms with Gasteiger partial charge < -0.3 is 14.9 Å². The molecular formula is C18H23ClN4O4. The predicted octanol–water partition coefficient (Wildman–Crippen LogP) is 2.32. The Hall–Kier alpha value is -2.35. The lowest BCUT2D eigenvalue weighted by Crippen LogP contribution is -2.57. The fourth-order valence-electron chi connectivity index (χ4n) is 3.85. The van der Waals surface area contributed by atoms with E-state index in [0.717, 1.165) is 0 Å². The van der Waals surface area contributed by atoms with Crippen LogP contribution in [0.2, 0.25) is 5.02 Å². The average Bonchev–Trinajstić information content (AvgIpc) is 2.78. The number of aromatic nitrogens is 1. The second-order valence-corrected chi connectivity index (χ2v) is 7.91. The number of amides is 3. The van der Waals surface area contributed by atoms with E-state index < -0.39 is 11.5 Å². The largest absolute Gasteiger partial charge is 0.478 e. The van der Waals surface area contributed by atoms with E-state index in [1.54, 1.807) is 4.90 Å². The van der Waals surface area contributed by atoms with Gasteiger partial charge in [0.2, 0.25) is 0 Å². The van der Waals surface area contributed by atoms with E-state index in [1.807, 2.05) is 18.7 Å². The van der Waals surface area contributed by atoms with Crippen molar-refractivity contribution in [3.63, 3.8) is 0 Å². The van der Waals surface area contributed by atoms with Crippen LogP contribution in [0.15, 0.2) is 12.3 Å². The Morgan fingerprint density at radius 3 is 2.48 bits per heavy atom. The van der Waals surface area contributed by atoms with Crippen LogP contribution in [-0.2, 0) is 4.79 Å². The molecule has 0 bridgehead atoms. The van der Waals surface area contributed by atoms with Crippen molar-refractivity contribution in [2.24, 2.45) is 5.92 Å². The number of piperidine rings is 1. The fourth-order valence-corrected chi connectivity index (χ4v) is 4.14. The second kappa shape index (κ2) is 6.99. The lowest BCUT2D eigenvalue weighted by atomic mass is 9.85. The number of rotatable bonds is 4. The molecule has 0 saturated carbocycles. The first-order valence-corrected chi connectivity index (χ1v) is 9.28. The number of nitrogens with zero attached hydrogens (tertiary/aromatic N) is 4. The molecule has 2 saturated heterocycles. The van der Waals surface area contributed by atoms with Gasteiger partial charge >= 0.3 is 12.0 Å². The monoisotopic (exact) mass is 394 g/mol. The minimum absolute atomic E-state index is 0.0264. The molecule has 27 heavy (non-hydrogen) atoms. The van der Waals surface area contributed by atoms with Crippen molar-refractivity contribution in [2.45, 2.75) is 32.2 Å². The van der Waals surface area contributed by atoms with Gasteiger partial charge in [-0.05, 0) is 24.8 Å². The SMILES string of the molecule is CC(C)CN1C(=O)N(C)C(=O)C12CCN(c1ncc(C(=O)O)cc1Cl)CC2. The Morgan fingerprint density at radius 1 is 1.33 bits per heavy atom. The third-order valence-electron chi connectivity index (χ3n) is 5.24. The molecule has 1 spiro atoms. The summed E-state index contributed by atoms with van der Waals surface area (Å²) < 4.78 is 0. The summed E-state index contributed by atoms with van der Waals surface area (Å²) in [5.74, 6) is -0.496. The van der Waals surface area contributed by atoms with Crippen LogP contribution in [0.1, 0.15) is 37.0 Å². The van der Waals surface area contributed by atoms with E-state index in [-0.39, 0.29) is 28.4 Å². The van der Waals surface area contributed by atoms with Gasteiger partial charge in [0.1, 0.15) is 11.4 Å². The maximum Gasteiger partial charge on any atom is 0.337 e. The number of halogens is 1. The van der Waals surface area contributed by atoms with Gasteiger partial charge in [-0.3, -0.25) is 9.69 Å². The Balaban J connectivity index is 1.82. The van der Waals surface area contributed by atoms with E-state index in [1.165, 1.54) is 24.2 Å². The van der Waals surface area contributed by atoms with Crippen molar-refractivity contribution < 1.29 is 19.5 Å². The number of carbonyl (C=O) groups is 3. The van der Waals surface area contributed by atoms with E-state index >= 15 is 0 Å². The maximum absolute atomic E-state index is 12.9. The fraction of sp³-hybridized carbons (Fsp3) is 0.556. The molecule has 2 aliphatic heterocycles. The van der Waals surface area contributed by atoms with Gasteiger partial charge in [0.05, 0.1) is 10.6 Å². The van der Waals surface area contributed by atoms with Gasteiger partial charge in [-0.15, -0.1) is 0 Å². The van der Waals surface area contributed by atoms with Gasteiger partial charge in [0, 0.05) is 32.9 Å². The molecule has 0 radical (unpaired) electrons. The normalized spacial score (nSPS) is 19.5. The van der Waals surface area contributed by atoms with Gasteiger partial charge in [-0.2, -0.15) is 0 Å². The van der Waals surface area contributed by atoms with Crippen LogP contribution < -0.4 is 4.90 Å². The first kappa shape index (κ1) is 19.4. The molecule has 146 valence electrons. The number of imide groups is 1. The van der Waals surface area contributed by atoms with Crippen molar-refractivity contribution in [3.05, 3.63) is 22.8 Å². The minimum atomic E-state index is -1.09. The molecule has 9 heteroatoms. The number of aromatic carboxylic acids is 1. The van der Waals surface area contributed by atoms with Crippen molar-refractivity contribution in [2.75, 3.05) is 31.6 Å². The summed E-state index contributed by atoms with van der Waals surface area (Å²) >= 11 is 6.22. The van der Waals surface area contributed by atoms with Crippen LogP contribution in [0.4, 0.5) is 10.6 Å². The number of pyridine rings is 1. The standard InChI is InChI=1S/C18H23ClN4O4/c1-11(2)10-23-17(27)21(3)16(26)18(23)4-6-22(7-5-18)14-13(19)8-12(9-20-14)15(24)25/h8-9,11H,4-7,10H2,1-3H3,(H,24,25). The molecule has 0 atom stereocenters. The third-order valence-corrected chi connectivity index (χ3v) is 5.52. The van der Waals surface area contributed by atoms with Crippen LogP contribution in [-0.4, -0.2) is 70.0 Å². The average molecular weight is 395 g/mol. The first-order valence-electron chi connectivity index (χ1n) is 8.91. The highest BCUT2D eigenvalue weighted by Crippen LogP contribution is 2.39. The lowest BCUT2D eigenvalue weighted by molar-refractivity contribution is -0.133. The van der Waals surface area contributed by atoms with Gasteiger partial charge in [0.15, 0.2) is 0 Å². The number of urea groups is 1. The Kier molecular flexibility index (Phi) is 5.03. The summed E-state index contributed by atoms with van der Waals surface area (Å²) in [6.45, 7) is 5.57. The molecule has 1 aromatic heterocycles. The van der Waals surface area contributed by atoms with Crippen molar-refractivity contribution >= 4 is 35.3 Å². The van der Waals surface area contributed by atoms with Crippen molar-refractivity contribution in [1.82, 2.24) is 14.8 Å². The van der Waals surface area contributed by atoms with Gasteiger partial charge in [-0.1, -0.05) is 25.4 Å². The molecule has 0 aromatic carbocycles. The van der Waals surface area contributed by atoms with Crippen LogP contribution in [0, 0.1) is 5.92 Å². The van der Waals surface area contributed by atoms with Crippen molar-refractivity contribution in [3.8, 4) is 0 Å². The quantitative estimate of drug-likeness (QED) is 0.787. The maximum atomic E-state index is 12.9. The van der Waals surface area contributed by atoms with Crippen LogP contribution in [0.3, 0.4) is 0 Å². The smallest absolute Gasteiger partial charge is 0.337 e. The molecule has 1 N–H and O–H groups in total. The topological polar surface area (TPSA) is 94.1 Å². The molecule has 3 amide bonds. The lowest BCUT2D eigenvalue weighted by Gasteiger charge is -2.43. The zero-order valence-corrected chi connectivity index (χ0v) is 16.4. The Labute approximate surface area is 162 Å². The van der Waals surface area contributed by atoms with E-state index in [4.69, 9.17) is 16.7 Å². The van der Waals surface area contributed by atoms with E-state index in [2.05, 4.69) is 4.98 Å². The van der Waals surface area contributed by atoms with Gasteiger partial charge in [0.25, 0.3) is 5.91 Å². The molecular weight excluding hydrogens is 372 g/mol. The van der Waals surface area contributed by atoms with Gasteiger partial charge in [-0.25, -0.2) is 14.6 Å². The number of hydrogen-bond donors (Lipinski definition) is 1. The Bertz CT molecular complexity index is 790. The third kappa shape index (κ3) is 3.22. The summed E-state index contributed by atoms with van der Waals surface area (Å²) in [6, 6.07) is 1.13. The molecule has 8 nitrogen and oxygen atoms in total. The molecule has 3 rings (SSSR count). The summed E-state index contributed by atoms with van der Waals surface area (Å²) in [5, 5.41) is 9.30. The van der Waals surface area contributed by atoms with E-state index in [9.17, 15) is 14.4 Å². The predicted molar refractivity (Wildman–Crippen MR) is 100 cm³/mol. The summed E-state index contributed by atoms with van der Waals surface area (Å²) in [5.41, 5.74) is -0.793. The molecule has 1 aromatic rings. The number of carbonyl (C=O) groups excluding carboxylic acids is 2. The number of likely N-dealkylation sites (N-methyl/N-ethyl adjacent to an activating group) is 1. The summed E-state index contributed by atoms with van der Waals surface area (Å²) in [7, 11) is 1.53. The van der Waals surface area contributed by atoms with Crippen LogP contribution >= 0.6 is 11.6 Å². The number of carboxylic acids is 1. The molecule has 3 heterocycles. The Morgan fingerprint density at radius 2 is 1.96 bits per heavy atom. The number of hydrogen-bond acceptors (Lipinski definition) is 5. The highest BCUT2D eigenvalue weighted by molar-refractivity contribution is 6.33. The first-order chi connectivity index (χ1) is 12.7. The zero-order valence-electron chi connectivity index (χ0n) is 15.6. The molecule has 2 fully saturated rings. The molecule has 2 aliphatic rings. The highest BCUT2D eigenvalue weighted by atomic mass is 35.5.